The van der Waals surface area contributed by atoms with E-state index in [1.54, 1.807) is 0 Å². The highest BCUT2D eigenvalue weighted by Gasteiger charge is 2.33. The van der Waals surface area contributed by atoms with Crippen LogP contribution in [0.2, 0.25) is 0 Å². The van der Waals surface area contributed by atoms with Crippen LogP contribution >= 0.6 is 0 Å². The summed E-state index contributed by atoms with van der Waals surface area (Å²) < 4.78 is 11.4. The molecule has 0 spiro atoms. The fourth-order valence-corrected chi connectivity index (χ4v) is 3.17. The Kier molecular flexibility index (Phi) is 5.68. The molecule has 0 saturated heterocycles. The zero-order valence-corrected chi connectivity index (χ0v) is 15.9. The van der Waals surface area contributed by atoms with Gasteiger partial charge in [0.2, 0.25) is 0 Å². The van der Waals surface area contributed by atoms with Gasteiger partial charge in [0.25, 0.3) is 0 Å². The van der Waals surface area contributed by atoms with E-state index in [2.05, 4.69) is 11.4 Å². The summed E-state index contributed by atoms with van der Waals surface area (Å²) in [5.74, 6) is 1.61. The van der Waals surface area contributed by atoms with E-state index in [-0.39, 0.29) is 17.2 Å². The maximum Gasteiger partial charge on any atom is 0.154 e. The van der Waals surface area contributed by atoms with Crippen molar-refractivity contribution in [2.24, 2.45) is 5.92 Å². The Bertz CT molecular complexity index is 992. The van der Waals surface area contributed by atoms with Crippen molar-refractivity contribution in [2.75, 3.05) is 13.2 Å². The Balaban J connectivity index is 2.16. The molecule has 3 rings (SSSR count). The van der Waals surface area contributed by atoms with E-state index < -0.39 is 0 Å². The summed E-state index contributed by atoms with van der Waals surface area (Å²) in [6.07, 6.45) is 3.92. The van der Waals surface area contributed by atoms with Crippen molar-refractivity contribution in [3.05, 3.63) is 52.3 Å². The highest BCUT2D eigenvalue weighted by Crippen LogP contribution is 2.44. The highest BCUT2D eigenvalue weighted by atomic mass is 16.5. The summed E-state index contributed by atoms with van der Waals surface area (Å²) >= 11 is 0. The van der Waals surface area contributed by atoms with Crippen LogP contribution in [0.3, 0.4) is 0 Å². The summed E-state index contributed by atoms with van der Waals surface area (Å²) in [6.45, 7) is 4.84. The minimum atomic E-state index is -0.107. The zero-order chi connectivity index (χ0) is 20.1. The first-order valence-electron chi connectivity index (χ1n) is 9.24. The summed E-state index contributed by atoms with van der Waals surface area (Å²) in [4.78, 5) is 0. The van der Waals surface area contributed by atoms with Crippen LogP contribution in [-0.4, -0.2) is 13.2 Å². The molecule has 6 nitrogen and oxygen atoms in total. The van der Waals surface area contributed by atoms with E-state index in [1.807, 2.05) is 50.3 Å². The van der Waals surface area contributed by atoms with Gasteiger partial charge in [0.05, 0.1) is 24.5 Å². The van der Waals surface area contributed by atoms with Crippen molar-refractivity contribution in [1.29, 1.82) is 15.8 Å². The van der Waals surface area contributed by atoms with Crippen LogP contribution < -0.4 is 14.8 Å². The summed E-state index contributed by atoms with van der Waals surface area (Å²) in [7, 11) is 0. The van der Waals surface area contributed by atoms with Gasteiger partial charge >= 0.3 is 0 Å². The fraction of sp³-hybridized carbons (Fsp3) is 0.318. The number of rotatable bonds is 6. The standard InChI is InChI=1S/C22H20N4O2/c1-3-27-16-7-8-17(21(9-16)28-4-2)20-10-18(14-5-6-14)19(13-25)22(26-20)15(11-23)12-24/h7-10,14,26H,3-6H2,1-2H3. The molecule has 0 unspecified atom stereocenters. The first-order chi connectivity index (χ1) is 13.7. The molecule has 2 aliphatic rings. The number of nitriles is 3. The smallest absolute Gasteiger partial charge is 0.154 e. The van der Waals surface area contributed by atoms with Crippen LogP contribution in [0.25, 0.3) is 5.70 Å². The van der Waals surface area contributed by atoms with Gasteiger partial charge in [-0.25, -0.2) is 0 Å². The van der Waals surface area contributed by atoms with Crippen LogP contribution in [-0.2, 0) is 0 Å². The third kappa shape index (κ3) is 3.70. The molecule has 1 heterocycles. The molecule has 0 radical (unpaired) electrons. The van der Waals surface area contributed by atoms with Gasteiger partial charge in [-0.15, -0.1) is 0 Å². The minimum absolute atomic E-state index is 0.107. The van der Waals surface area contributed by atoms with E-state index in [0.29, 0.717) is 36.0 Å². The second-order valence-corrected chi connectivity index (χ2v) is 6.40. The van der Waals surface area contributed by atoms with E-state index >= 15 is 0 Å². The monoisotopic (exact) mass is 372 g/mol. The molecule has 0 atom stereocenters. The van der Waals surface area contributed by atoms with Gasteiger partial charge in [0, 0.05) is 17.3 Å². The number of hydrogen-bond acceptors (Lipinski definition) is 6. The molecule has 1 saturated carbocycles. The lowest BCUT2D eigenvalue weighted by atomic mass is 9.92. The Morgan fingerprint density at radius 2 is 1.82 bits per heavy atom. The molecule has 140 valence electrons. The molecular formula is C22H20N4O2. The normalized spacial score (nSPS) is 15.5. The molecule has 28 heavy (non-hydrogen) atoms. The van der Waals surface area contributed by atoms with Gasteiger partial charge < -0.3 is 14.8 Å². The minimum Gasteiger partial charge on any atom is -0.494 e. The predicted octanol–water partition coefficient (Wildman–Crippen LogP) is 3.96. The van der Waals surface area contributed by atoms with Gasteiger partial charge in [-0.1, -0.05) is 0 Å². The Morgan fingerprint density at radius 1 is 1.11 bits per heavy atom. The molecule has 0 bridgehead atoms. The number of nitrogens with one attached hydrogen (secondary N) is 1. The lowest BCUT2D eigenvalue weighted by Crippen LogP contribution is -2.21. The van der Waals surface area contributed by atoms with Gasteiger partial charge in [0.15, 0.2) is 5.57 Å². The van der Waals surface area contributed by atoms with Crippen molar-refractivity contribution in [2.45, 2.75) is 26.7 Å². The third-order valence-corrected chi connectivity index (χ3v) is 4.55. The van der Waals surface area contributed by atoms with Gasteiger partial charge in [-0.05, 0) is 56.4 Å². The van der Waals surface area contributed by atoms with Crippen LogP contribution in [0.4, 0.5) is 0 Å². The number of benzene rings is 1. The molecular weight excluding hydrogens is 352 g/mol. The van der Waals surface area contributed by atoms with Crippen molar-refractivity contribution in [3.8, 4) is 29.7 Å². The van der Waals surface area contributed by atoms with Crippen molar-refractivity contribution < 1.29 is 9.47 Å². The van der Waals surface area contributed by atoms with Crippen molar-refractivity contribution in [3.63, 3.8) is 0 Å². The second-order valence-electron chi connectivity index (χ2n) is 6.40. The predicted molar refractivity (Wildman–Crippen MR) is 104 cm³/mol. The van der Waals surface area contributed by atoms with Gasteiger partial charge in [-0.3, -0.25) is 0 Å². The molecule has 0 aromatic heterocycles. The van der Waals surface area contributed by atoms with Crippen LogP contribution in [0, 0.1) is 39.9 Å². The molecule has 1 aromatic rings. The van der Waals surface area contributed by atoms with Crippen molar-refractivity contribution >= 4 is 5.70 Å². The maximum atomic E-state index is 9.67. The van der Waals surface area contributed by atoms with Crippen LogP contribution in [0.1, 0.15) is 32.3 Å². The molecule has 0 amide bonds. The Morgan fingerprint density at radius 3 is 2.39 bits per heavy atom. The average Bonchev–Trinajstić information content (AvgIpc) is 3.54. The number of dihydropyridines is 1. The molecule has 1 aliphatic heterocycles. The molecule has 1 N–H and O–H groups in total. The number of hydrogen-bond donors (Lipinski definition) is 1. The number of nitrogens with zero attached hydrogens (tertiary/aromatic N) is 3. The first kappa shape index (κ1) is 19.1. The summed E-state index contributed by atoms with van der Waals surface area (Å²) in [6, 6.07) is 11.5. The third-order valence-electron chi connectivity index (χ3n) is 4.55. The highest BCUT2D eigenvalue weighted by molar-refractivity contribution is 5.79. The van der Waals surface area contributed by atoms with E-state index in [0.717, 1.165) is 24.0 Å². The van der Waals surface area contributed by atoms with E-state index in [1.165, 1.54) is 0 Å². The summed E-state index contributed by atoms with van der Waals surface area (Å²) in [5.41, 5.74) is 2.88. The fourth-order valence-electron chi connectivity index (χ4n) is 3.17. The zero-order valence-electron chi connectivity index (χ0n) is 15.9. The van der Waals surface area contributed by atoms with E-state index in [9.17, 15) is 15.8 Å². The maximum absolute atomic E-state index is 9.67. The molecule has 1 aliphatic carbocycles. The number of allylic oxidation sites excluding steroid dienone is 4. The summed E-state index contributed by atoms with van der Waals surface area (Å²) in [5, 5.41) is 31.5. The molecule has 6 heteroatoms. The first-order valence-corrected chi connectivity index (χ1v) is 9.24. The topological polar surface area (TPSA) is 102 Å². The molecule has 1 aromatic carbocycles. The van der Waals surface area contributed by atoms with Gasteiger partial charge in [-0.2, -0.15) is 15.8 Å². The lowest BCUT2D eigenvalue weighted by molar-refractivity contribution is 0.322. The van der Waals surface area contributed by atoms with Crippen LogP contribution in [0.15, 0.2) is 46.7 Å². The quantitative estimate of drug-likeness (QED) is 0.758. The average molecular weight is 372 g/mol. The second kappa shape index (κ2) is 8.33. The lowest BCUT2D eigenvalue weighted by Gasteiger charge is -2.23. The van der Waals surface area contributed by atoms with E-state index in [4.69, 9.17) is 9.47 Å². The van der Waals surface area contributed by atoms with Crippen LogP contribution in [0.5, 0.6) is 11.5 Å². The Hall–Kier alpha value is -3.69. The molecule has 1 fully saturated rings. The van der Waals surface area contributed by atoms with Gasteiger partial charge in [0.1, 0.15) is 29.7 Å². The van der Waals surface area contributed by atoms with Crippen molar-refractivity contribution in [1.82, 2.24) is 5.32 Å². The SMILES string of the molecule is CCOc1ccc(C2=CC(C3CC3)=C(C#N)C(=C(C#N)C#N)N2)c(OCC)c1. The Labute approximate surface area is 164 Å². The number of ether oxygens (including phenoxy) is 2. The largest absolute Gasteiger partial charge is 0.494 e.